The number of carboxylic acids is 2. The van der Waals surface area contributed by atoms with Gasteiger partial charge in [-0.2, -0.15) is 8.42 Å². The molecule has 0 aromatic carbocycles. The number of allylic oxidation sites excluding steroid dienone is 2. The molecule has 2 atom stereocenters. The van der Waals surface area contributed by atoms with E-state index < -0.39 is 33.6 Å². The zero-order valence-corrected chi connectivity index (χ0v) is 19.4. The van der Waals surface area contributed by atoms with E-state index in [2.05, 4.69) is 14.2 Å². The highest BCUT2D eigenvalue weighted by molar-refractivity contribution is 7.86. The van der Waals surface area contributed by atoms with Crippen LogP contribution < -0.4 is 5.32 Å². The van der Waals surface area contributed by atoms with Crippen molar-refractivity contribution in [2.75, 3.05) is 19.3 Å². The van der Waals surface area contributed by atoms with E-state index in [1.165, 1.54) is 45.4 Å². The lowest BCUT2D eigenvalue weighted by Crippen LogP contribution is -2.49. The summed E-state index contributed by atoms with van der Waals surface area (Å²) in [6, 6.07) is 0. The molecular weight excluding hydrogens is 430 g/mol. The lowest BCUT2D eigenvalue weighted by Gasteiger charge is -2.33. The second kappa shape index (κ2) is 12.6. The summed E-state index contributed by atoms with van der Waals surface area (Å²) in [7, 11) is -4.06. The van der Waals surface area contributed by atoms with E-state index in [0.717, 1.165) is 12.2 Å². The van der Waals surface area contributed by atoms with Crippen LogP contribution in [0.25, 0.3) is 0 Å². The fourth-order valence-electron chi connectivity index (χ4n) is 2.66. The van der Waals surface area contributed by atoms with Crippen molar-refractivity contribution < 1.29 is 41.9 Å². The molecule has 0 amide bonds. The van der Waals surface area contributed by atoms with Gasteiger partial charge in [-0.3, -0.25) is 4.79 Å². The molecule has 2 rings (SSSR count). The van der Waals surface area contributed by atoms with Crippen molar-refractivity contribution in [1.29, 1.82) is 0 Å². The van der Waals surface area contributed by atoms with Crippen molar-refractivity contribution in [2.24, 2.45) is 5.92 Å². The first kappa shape index (κ1) is 28.8. The van der Waals surface area contributed by atoms with Gasteiger partial charge in [0.15, 0.2) is 0 Å². The molecule has 11 heteroatoms. The Kier molecular flexibility index (Phi) is 11.7. The molecule has 1 saturated heterocycles. The van der Waals surface area contributed by atoms with Crippen LogP contribution in [0.3, 0.4) is 0 Å². The third kappa shape index (κ3) is 11.1. The number of nitrogens with one attached hydrogen (secondary N) is 1. The molecule has 0 aromatic rings. The van der Waals surface area contributed by atoms with Crippen molar-refractivity contribution in [3.8, 4) is 0 Å². The number of hydrogen-bond donors (Lipinski definition) is 3. The molecule has 2 aliphatic rings. The van der Waals surface area contributed by atoms with Crippen LogP contribution in [-0.4, -0.2) is 67.6 Å². The largest absolute Gasteiger partial charge is 0.479 e. The third-order valence-corrected chi connectivity index (χ3v) is 4.79. The molecule has 2 unspecified atom stereocenters. The average molecular weight is 464 g/mol. The Labute approximate surface area is 183 Å². The van der Waals surface area contributed by atoms with Crippen molar-refractivity contribution in [1.82, 2.24) is 5.32 Å². The molecule has 0 saturated carbocycles. The van der Waals surface area contributed by atoms with Gasteiger partial charge < -0.3 is 20.3 Å². The maximum atomic E-state index is 11.3. The molecule has 178 valence electrons. The third-order valence-electron chi connectivity index (χ3n) is 4.21. The summed E-state index contributed by atoms with van der Waals surface area (Å²) in [4.78, 5) is 31.8. The van der Waals surface area contributed by atoms with Gasteiger partial charge in [0.1, 0.15) is 5.60 Å². The number of carbonyl (C=O) groups is 3. The summed E-state index contributed by atoms with van der Waals surface area (Å²) in [5, 5.41) is 21.4. The molecule has 3 N–H and O–H groups in total. The van der Waals surface area contributed by atoms with Crippen LogP contribution in [-0.2, 0) is 33.4 Å². The monoisotopic (exact) mass is 463 g/mol. The summed E-state index contributed by atoms with van der Waals surface area (Å²) < 4.78 is 31.4. The average Bonchev–Trinajstić information content (AvgIpc) is 2.63. The standard InChI is InChI=1S/C10H12O7S.C5H11N.C5H10O2/c1-6-7(8(11)12)4-3-5-10(6,9(13)14)17-18(2,15)16;1-2-4-6-5-3-1;1-5(2,3)7-4-6/h3-6H,1-2H3,(H,11,12)(H,13,14);6H,1-5H2;4H,1-3H3. The second-order valence-electron chi connectivity index (χ2n) is 8.03. The number of carbonyl (C=O) groups excluding carboxylic acids is 1. The van der Waals surface area contributed by atoms with Gasteiger partial charge in [-0.1, -0.05) is 25.5 Å². The minimum atomic E-state index is -4.06. The summed E-state index contributed by atoms with van der Waals surface area (Å²) in [5.74, 6) is -4.04. The number of rotatable bonds is 5. The molecule has 1 aliphatic heterocycles. The second-order valence-corrected chi connectivity index (χ2v) is 9.61. The van der Waals surface area contributed by atoms with Gasteiger partial charge in [-0.25, -0.2) is 13.8 Å². The molecule has 0 aromatic heterocycles. The van der Waals surface area contributed by atoms with E-state index in [1.54, 1.807) is 0 Å². The Balaban J connectivity index is 0.000000562. The van der Waals surface area contributed by atoms with Crippen LogP contribution >= 0.6 is 0 Å². The first-order valence-corrected chi connectivity index (χ1v) is 11.6. The van der Waals surface area contributed by atoms with Crippen LogP contribution in [0.1, 0.15) is 47.0 Å². The number of piperidine rings is 1. The highest BCUT2D eigenvalue weighted by Gasteiger charge is 2.49. The zero-order chi connectivity index (χ0) is 24.3. The highest BCUT2D eigenvalue weighted by atomic mass is 32.2. The zero-order valence-electron chi connectivity index (χ0n) is 18.6. The number of hydrogen-bond acceptors (Lipinski definition) is 8. The Hall–Kier alpha value is -2.24. The molecule has 10 nitrogen and oxygen atoms in total. The first-order valence-electron chi connectivity index (χ1n) is 9.75. The van der Waals surface area contributed by atoms with Gasteiger partial charge in [0.05, 0.1) is 6.26 Å². The molecule has 0 radical (unpaired) electrons. The molecular formula is C20H33NO9S. The van der Waals surface area contributed by atoms with Crippen LogP contribution in [0.2, 0.25) is 0 Å². The quantitative estimate of drug-likeness (QED) is 0.405. The SMILES string of the molecule is C1CCNCC1.CC(C)(C)OC=O.CC1C(C(=O)O)=CC=CC1(OS(C)(=O)=O)C(=O)O. The predicted molar refractivity (Wildman–Crippen MR) is 114 cm³/mol. The number of aliphatic carboxylic acids is 2. The summed E-state index contributed by atoms with van der Waals surface area (Å²) in [6.45, 7) is 9.70. The van der Waals surface area contributed by atoms with Crippen molar-refractivity contribution >= 4 is 28.5 Å². The van der Waals surface area contributed by atoms with Crippen LogP contribution in [0.5, 0.6) is 0 Å². The van der Waals surface area contributed by atoms with E-state index in [9.17, 15) is 22.8 Å². The van der Waals surface area contributed by atoms with Gasteiger partial charge in [0.25, 0.3) is 16.6 Å². The molecule has 1 heterocycles. The van der Waals surface area contributed by atoms with E-state index in [-0.39, 0.29) is 11.2 Å². The number of carboxylic acid groups (broad SMARTS) is 2. The van der Waals surface area contributed by atoms with Gasteiger partial charge in [0.2, 0.25) is 5.60 Å². The maximum Gasteiger partial charge on any atom is 0.342 e. The minimum absolute atomic E-state index is 0.233. The molecule has 1 fully saturated rings. The first-order chi connectivity index (χ1) is 14.2. The molecule has 1 aliphatic carbocycles. The fourth-order valence-corrected chi connectivity index (χ4v) is 3.43. The van der Waals surface area contributed by atoms with Crippen molar-refractivity contribution in [2.45, 2.75) is 58.2 Å². The Morgan fingerprint density at radius 2 is 1.74 bits per heavy atom. The van der Waals surface area contributed by atoms with E-state index in [0.29, 0.717) is 12.7 Å². The van der Waals surface area contributed by atoms with Gasteiger partial charge >= 0.3 is 11.9 Å². The van der Waals surface area contributed by atoms with E-state index in [1.807, 2.05) is 20.8 Å². The molecule has 0 spiro atoms. The predicted octanol–water partition coefficient (Wildman–Crippen LogP) is 1.72. The van der Waals surface area contributed by atoms with Crippen molar-refractivity contribution in [3.63, 3.8) is 0 Å². The van der Waals surface area contributed by atoms with Crippen LogP contribution in [0.15, 0.2) is 23.8 Å². The van der Waals surface area contributed by atoms with E-state index >= 15 is 0 Å². The Morgan fingerprint density at radius 1 is 1.19 bits per heavy atom. The van der Waals surface area contributed by atoms with Crippen LogP contribution in [0.4, 0.5) is 0 Å². The summed E-state index contributed by atoms with van der Waals surface area (Å²) in [6.07, 6.45) is 8.31. The van der Waals surface area contributed by atoms with Gasteiger partial charge in [0, 0.05) is 11.5 Å². The summed E-state index contributed by atoms with van der Waals surface area (Å²) in [5.41, 5.74) is -2.78. The van der Waals surface area contributed by atoms with Gasteiger partial charge in [-0.15, -0.1) is 0 Å². The smallest absolute Gasteiger partial charge is 0.342 e. The lowest BCUT2D eigenvalue weighted by atomic mass is 9.79. The summed E-state index contributed by atoms with van der Waals surface area (Å²) >= 11 is 0. The maximum absolute atomic E-state index is 11.3. The van der Waals surface area contributed by atoms with E-state index in [4.69, 9.17) is 10.2 Å². The molecule has 0 bridgehead atoms. The molecule has 31 heavy (non-hydrogen) atoms. The normalized spacial score (nSPS) is 23.1. The Morgan fingerprint density at radius 3 is 2.00 bits per heavy atom. The van der Waals surface area contributed by atoms with Crippen molar-refractivity contribution in [3.05, 3.63) is 23.8 Å². The fraction of sp³-hybridized carbons (Fsp3) is 0.650. The number of ether oxygens (including phenoxy) is 1. The van der Waals surface area contributed by atoms with Crippen LogP contribution in [0, 0.1) is 5.92 Å². The highest BCUT2D eigenvalue weighted by Crippen LogP contribution is 2.35. The Bertz CT molecular complexity index is 765. The minimum Gasteiger partial charge on any atom is -0.479 e. The topological polar surface area (TPSA) is 156 Å². The lowest BCUT2D eigenvalue weighted by molar-refractivity contribution is -0.154. The van der Waals surface area contributed by atoms with Gasteiger partial charge in [-0.05, 0) is 52.8 Å².